The first kappa shape index (κ1) is 13.0. The maximum absolute atomic E-state index is 11.2. The van der Waals surface area contributed by atoms with Gasteiger partial charge in [-0.3, -0.25) is 0 Å². The molecule has 4 nitrogen and oxygen atoms in total. The van der Waals surface area contributed by atoms with Gasteiger partial charge in [-0.25, -0.2) is 9.59 Å². The second-order valence-electron chi connectivity index (χ2n) is 3.77. The molecule has 0 spiro atoms. The average molecular weight is 274 g/mol. The van der Waals surface area contributed by atoms with E-state index in [9.17, 15) is 14.7 Å². The van der Waals surface area contributed by atoms with Crippen molar-refractivity contribution >= 4 is 34.9 Å². The first-order valence-electron chi connectivity index (χ1n) is 5.40. The molecule has 19 heavy (non-hydrogen) atoms. The summed E-state index contributed by atoms with van der Waals surface area (Å²) in [4.78, 5) is 22.7. The second kappa shape index (κ2) is 5.49. The van der Waals surface area contributed by atoms with Gasteiger partial charge in [0.25, 0.3) is 0 Å². The molecular weight excluding hydrogens is 264 g/mol. The van der Waals surface area contributed by atoms with Gasteiger partial charge in [0.05, 0.1) is 11.1 Å². The Morgan fingerprint density at radius 2 is 1.89 bits per heavy atom. The third kappa shape index (κ3) is 3.08. The largest absolute Gasteiger partial charge is 0.478 e. The molecule has 2 aromatic rings. The Kier molecular flexibility index (Phi) is 3.77. The number of hydrogen-bond acceptors (Lipinski definition) is 3. The molecule has 0 bridgehead atoms. The van der Waals surface area contributed by atoms with Gasteiger partial charge in [0.15, 0.2) is 0 Å². The van der Waals surface area contributed by atoms with Crippen molar-refractivity contribution < 1.29 is 19.8 Å². The van der Waals surface area contributed by atoms with Crippen LogP contribution in [0.3, 0.4) is 0 Å². The van der Waals surface area contributed by atoms with Gasteiger partial charge in [-0.05, 0) is 35.2 Å². The molecule has 0 radical (unpaired) electrons. The Hall–Kier alpha value is -2.40. The first-order valence-corrected chi connectivity index (χ1v) is 6.28. The van der Waals surface area contributed by atoms with E-state index in [0.29, 0.717) is 10.4 Å². The molecule has 1 aromatic carbocycles. The molecule has 5 heteroatoms. The van der Waals surface area contributed by atoms with Gasteiger partial charge in [-0.15, -0.1) is 11.3 Å². The van der Waals surface area contributed by atoms with E-state index in [2.05, 4.69) is 0 Å². The zero-order chi connectivity index (χ0) is 13.8. The number of benzene rings is 1. The number of rotatable bonds is 4. The molecule has 0 saturated heterocycles. The number of thiophene rings is 1. The monoisotopic (exact) mass is 274 g/mol. The Bertz CT molecular complexity index is 641. The van der Waals surface area contributed by atoms with Crippen LogP contribution in [0.15, 0.2) is 41.8 Å². The first-order chi connectivity index (χ1) is 9.08. The fourth-order valence-electron chi connectivity index (χ4n) is 1.60. The molecular formula is C14H10O4S. The fraction of sp³-hybridized carbons (Fsp3) is 0. The minimum Gasteiger partial charge on any atom is -0.478 e. The summed E-state index contributed by atoms with van der Waals surface area (Å²) in [7, 11) is 0. The number of aromatic carboxylic acids is 1. The lowest BCUT2D eigenvalue weighted by atomic mass is 10.1. The van der Waals surface area contributed by atoms with Crippen molar-refractivity contribution in [3.63, 3.8) is 0 Å². The summed E-state index contributed by atoms with van der Waals surface area (Å²) in [6, 6.07) is 9.65. The minimum atomic E-state index is -1.04. The predicted octanol–water partition coefficient (Wildman–Crippen LogP) is 3.07. The summed E-state index contributed by atoms with van der Waals surface area (Å²) in [6.07, 6.45) is 1.47. The molecule has 0 unspecified atom stereocenters. The number of aliphatic carboxylic acids is 1. The van der Waals surface area contributed by atoms with Gasteiger partial charge in [0, 0.05) is 4.88 Å². The van der Waals surface area contributed by atoms with Crippen molar-refractivity contribution in [1.82, 2.24) is 0 Å². The lowest BCUT2D eigenvalue weighted by Crippen LogP contribution is -1.99. The van der Waals surface area contributed by atoms with Crippen molar-refractivity contribution in [1.29, 1.82) is 0 Å². The van der Waals surface area contributed by atoms with E-state index in [-0.39, 0.29) is 11.1 Å². The summed E-state index contributed by atoms with van der Waals surface area (Å²) < 4.78 is 0. The Balaban J connectivity index is 2.45. The van der Waals surface area contributed by atoms with Crippen LogP contribution < -0.4 is 0 Å². The molecule has 96 valence electrons. The highest BCUT2D eigenvalue weighted by atomic mass is 32.1. The molecule has 0 saturated carbocycles. The molecule has 1 heterocycles. The summed E-state index contributed by atoms with van der Waals surface area (Å²) in [5.74, 6) is -2.08. The summed E-state index contributed by atoms with van der Waals surface area (Å²) in [6.45, 7) is 0. The molecule has 0 aliphatic heterocycles. The van der Waals surface area contributed by atoms with Crippen LogP contribution in [0.2, 0.25) is 0 Å². The predicted molar refractivity (Wildman–Crippen MR) is 73.2 cm³/mol. The van der Waals surface area contributed by atoms with Crippen LogP contribution in [0, 0.1) is 0 Å². The van der Waals surface area contributed by atoms with Gasteiger partial charge in [0.2, 0.25) is 0 Å². The third-order valence-electron chi connectivity index (χ3n) is 2.46. The van der Waals surface area contributed by atoms with E-state index >= 15 is 0 Å². The van der Waals surface area contributed by atoms with Crippen LogP contribution in [-0.4, -0.2) is 22.2 Å². The maximum atomic E-state index is 11.2. The molecule has 0 aliphatic rings. The second-order valence-corrected chi connectivity index (χ2v) is 4.72. The van der Waals surface area contributed by atoms with Crippen LogP contribution in [0.5, 0.6) is 0 Å². The summed E-state index contributed by atoms with van der Waals surface area (Å²) in [5, 5.41) is 19.9. The zero-order valence-electron chi connectivity index (χ0n) is 9.74. The quantitative estimate of drug-likeness (QED) is 0.840. The molecule has 0 amide bonds. The van der Waals surface area contributed by atoms with E-state index in [1.54, 1.807) is 29.6 Å². The molecule has 1 aromatic heterocycles. The van der Waals surface area contributed by atoms with Gasteiger partial charge in [-0.1, -0.05) is 18.2 Å². The lowest BCUT2D eigenvalue weighted by Gasteiger charge is -2.01. The fourth-order valence-corrected chi connectivity index (χ4v) is 2.33. The highest BCUT2D eigenvalue weighted by Crippen LogP contribution is 2.23. The molecule has 0 atom stereocenters. The molecule has 2 N–H and O–H groups in total. The maximum Gasteiger partial charge on any atom is 0.337 e. The average Bonchev–Trinajstić information content (AvgIpc) is 2.89. The highest BCUT2D eigenvalue weighted by molar-refractivity contribution is 7.11. The van der Waals surface area contributed by atoms with E-state index in [1.165, 1.54) is 29.5 Å². The Morgan fingerprint density at radius 1 is 1.11 bits per heavy atom. The van der Waals surface area contributed by atoms with E-state index in [0.717, 1.165) is 0 Å². The van der Waals surface area contributed by atoms with Crippen LogP contribution in [-0.2, 0) is 4.79 Å². The molecule has 0 fully saturated rings. The van der Waals surface area contributed by atoms with Gasteiger partial charge in [0.1, 0.15) is 0 Å². The standard InChI is InChI=1S/C14H10O4S/c15-13(16)10-4-1-3-9(7-10)8-11(14(17)18)12-5-2-6-19-12/h1-8H,(H,15,16)(H,17,18)/b11-8+. The van der Waals surface area contributed by atoms with Gasteiger partial charge in [-0.2, -0.15) is 0 Å². The van der Waals surface area contributed by atoms with Crippen LogP contribution in [0.4, 0.5) is 0 Å². The number of carboxylic acids is 2. The van der Waals surface area contributed by atoms with Crippen LogP contribution in [0.1, 0.15) is 20.8 Å². The van der Waals surface area contributed by atoms with Crippen LogP contribution in [0.25, 0.3) is 11.6 Å². The van der Waals surface area contributed by atoms with Crippen molar-refractivity contribution in [3.8, 4) is 0 Å². The van der Waals surface area contributed by atoms with E-state index < -0.39 is 11.9 Å². The number of hydrogen-bond donors (Lipinski definition) is 2. The smallest absolute Gasteiger partial charge is 0.337 e. The number of carboxylic acid groups (broad SMARTS) is 2. The van der Waals surface area contributed by atoms with Crippen molar-refractivity contribution in [2.75, 3.05) is 0 Å². The number of carbonyl (C=O) groups is 2. The minimum absolute atomic E-state index is 0.129. The third-order valence-corrected chi connectivity index (χ3v) is 3.36. The SMILES string of the molecule is O=C(O)/C(=C/c1cccc(C(=O)O)c1)c1cccs1. The van der Waals surface area contributed by atoms with Gasteiger partial charge >= 0.3 is 11.9 Å². The van der Waals surface area contributed by atoms with Gasteiger partial charge < -0.3 is 10.2 Å². The van der Waals surface area contributed by atoms with Crippen LogP contribution >= 0.6 is 11.3 Å². The summed E-state index contributed by atoms with van der Waals surface area (Å²) >= 11 is 1.32. The van der Waals surface area contributed by atoms with Crippen molar-refractivity contribution in [2.45, 2.75) is 0 Å². The van der Waals surface area contributed by atoms with Crippen molar-refractivity contribution in [2.24, 2.45) is 0 Å². The molecule has 2 rings (SSSR count). The van der Waals surface area contributed by atoms with E-state index in [1.807, 2.05) is 0 Å². The zero-order valence-corrected chi connectivity index (χ0v) is 10.6. The van der Waals surface area contributed by atoms with Crippen molar-refractivity contribution in [3.05, 3.63) is 57.8 Å². The highest BCUT2D eigenvalue weighted by Gasteiger charge is 2.12. The topological polar surface area (TPSA) is 74.6 Å². The Labute approximate surface area is 113 Å². The normalized spacial score (nSPS) is 11.3. The summed E-state index contributed by atoms with van der Waals surface area (Å²) in [5.41, 5.74) is 0.827. The van der Waals surface area contributed by atoms with E-state index in [4.69, 9.17) is 5.11 Å². The lowest BCUT2D eigenvalue weighted by molar-refractivity contribution is -0.130. The Morgan fingerprint density at radius 3 is 2.47 bits per heavy atom. The molecule has 0 aliphatic carbocycles.